The second-order valence-corrected chi connectivity index (χ2v) is 7.42. The van der Waals surface area contributed by atoms with Gasteiger partial charge < -0.3 is 4.57 Å². The van der Waals surface area contributed by atoms with Crippen LogP contribution in [0.2, 0.25) is 0 Å². The Labute approximate surface area is 120 Å². The molecule has 1 heterocycles. The molecule has 0 saturated heterocycles. The predicted molar refractivity (Wildman–Crippen MR) is 77.0 cm³/mol. The molecule has 0 bridgehead atoms. The number of nitrogens with zero attached hydrogens (tertiary/aromatic N) is 3. The van der Waals surface area contributed by atoms with E-state index in [1.165, 1.54) is 11.4 Å². The molecule has 1 aromatic rings. The van der Waals surface area contributed by atoms with Gasteiger partial charge in [0.25, 0.3) is 10.0 Å². The highest BCUT2D eigenvalue weighted by molar-refractivity contribution is 7.89. The summed E-state index contributed by atoms with van der Waals surface area (Å²) in [6, 6.07) is 0. The molecule has 19 heavy (non-hydrogen) atoms. The molecular formula is C12H22ClN3O2S. The predicted octanol–water partition coefficient (Wildman–Crippen LogP) is 2.24. The summed E-state index contributed by atoms with van der Waals surface area (Å²) in [6.07, 6.45) is 2.52. The Morgan fingerprint density at radius 1 is 1.47 bits per heavy atom. The fourth-order valence-corrected chi connectivity index (χ4v) is 3.37. The minimum Gasteiger partial charge on any atom is -0.334 e. The number of halogens is 1. The lowest BCUT2D eigenvalue weighted by Gasteiger charge is -2.31. The van der Waals surface area contributed by atoms with Crippen molar-refractivity contribution in [1.29, 1.82) is 0 Å². The van der Waals surface area contributed by atoms with Crippen molar-refractivity contribution in [2.45, 2.75) is 51.2 Å². The first kappa shape index (κ1) is 16.5. The van der Waals surface area contributed by atoms with Gasteiger partial charge in [0.2, 0.25) is 0 Å². The maximum atomic E-state index is 12.5. The molecule has 0 aliphatic heterocycles. The van der Waals surface area contributed by atoms with E-state index in [9.17, 15) is 8.42 Å². The van der Waals surface area contributed by atoms with Crippen LogP contribution in [0.1, 0.15) is 33.0 Å². The number of aromatic nitrogens is 2. The summed E-state index contributed by atoms with van der Waals surface area (Å²) in [7, 11) is -2.08. The molecule has 0 saturated carbocycles. The van der Waals surface area contributed by atoms with Gasteiger partial charge in [0.05, 0.1) is 0 Å². The molecule has 1 aromatic heterocycles. The molecule has 0 amide bonds. The normalized spacial score (nSPS) is 13.2. The quantitative estimate of drug-likeness (QED) is 0.757. The minimum atomic E-state index is -3.61. The van der Waals surface area contributed by atoms with Crippen LogP contribution in [0.5, 0.6) is 0 Å². The number of rotatable bonds is 6. The van der Waals surface area contributed by atoms with E-state index in [2.05, 4.69) is 4.98 Å². The van der Waals surface area contributed by atoms with Crippen molar-refractivity contribution in [3.05, 3.63) is 12.0 Å². The molecule has 0 aliphatic rings. The highest BCUT2D eigenvalue weighted by Gasteiger charge is 2.35. The molecule has 0 fully saturated rings. The van der Waals surface area contributed by atoms with E-state index in [1.807, 2.05) is 11.5 Å². The number of imidazole rings is 1. The number of alkyl halides is 1. The van der Waals surface area contributed by atoms with E-state index in [4.69, 9.17) is 11.6 Å². The van der Waals surface area contributed by atoms with Gasteiger partial charge >= 0.3 is 0 Å². The van der Waals surface area contributed by atoms with Crippen molar-refractivity contribution in [1.82, 2.24) is 13.9 Å². The molecule has 1 rings (SSSR count). The van der Waals surface area contributed by atoms with Gasteiger partial charge in [-0.3, -0.25) is 0 Å². The largest absolute Gasteiger partial charge is 0.334 e. The minimum absolute atomic E-state index is 0.0825. The summed E-state index contributed by atoms with van der Waals surface area (Å²) in [5.74, 6) is 0.926. The van der Waals surface area contributed by atoms with Gasteiger partial charge in [-0.2, -0.15) is 4.31 Å². The number of sulfonamides is 1. The van der Waals surface area contributed by atoms with Gasteiger partial charge in [0, 0.05) is 31.2 Å². The summed E-state index contributed by atoms with van der Waals surface area (Å²) >= 11 is 5.84. The van der Waals surface area contributed by atoms with Gasteiger partial charge in [0.1, 0.15) is 5.82 Å². The molecule has 5 nitrogen and oxygen atoms in total. The van der Waals surface area contributed by atoms with Crippen LogP contribution >= 0.6 is 11.6 Å². The highest BCUT2D eigenvalue weighted by Crippen LogP contribution is 2.23. The maximum absolute atomic E-state index is 12.5. The van der Waals surface area contributed by atoms with E-state index in [-0.39, 0.29) is 10.9 Å². The molecule has 0 unspecified atom stereocenters. The number of hydrogen-bond acceptors (Lipinski definition) is 3. The molecular weight excluding hydrogens is 286 g/mol. The van der Waals surface area contributed by atoms with E-state index in [0.717, 1.165) is 13.0 Å². The van der Waals surface area contributed by atoms with Crippen LogP contribution in [-0.2, 0) is 16.6 Å². The molecule has 7 heteroatoms. The molecule has 0 aliphatic carbocycles. The van der Waals surface area contributed by atoms with Gasteiger partial charge in [-0.15, -0.1) is 11.6 Å². The van der Waals surface area contributed by atoms with Crippen molar-refractivity contribution < 1.29 is 8.42 Å². The van der Waals surface area contributed by atoms with Crippen molar-refractivity contribution in [2.75, 3.05) is 12.9 Å². The lowest BCUT2D eigenvalue weighted by Crippen LogP contribution is -2.46. The molecule has 0 aromatic carbocycles. The Hall–Kier alpha value is -0.590. The smallest absolute Gasteiger partial charge is 0.262 e. The maximum Gasteiger partial charge on any atom is 0.262 e. The zero-order chi connectivity index (χ0) is 14.8. The lowest BCUT2D eigenvalue weighted by atomic mass is 10.1. The second kappa shape index (κ2) is 5.81. The van der Waals surface area contributed by atoms with E-state index < -0.39 is 15.6 Å². The Kier molecular flexibility index (Phi) is 5.03. The third-order valence-corrected chi connectivity index (χ3v) is 5.82. The zero-order valence-electron chi connectivity index (χ0n) is 12.1. The van der Waals surface area contributed by atoms with E-state index >= 15 is 0 Å². The van der Waals surface area contributed by atoms with Crippen LogP contribution in [0, 0.1) is 6.92 Å². The number of hydrogen-bond donors (Lipinski definition) is 0. The monoisotopic (exact) mass is 307 g/mol. The summed E-state index contributed by atoms with van der Waals surface area (Å²) in [6.45, 7) is 8.18. The summed E-state index contributed by atoms with van der Waals surface area (Å²) in [4.78, 5) is 4.16. The Morgan fingerprint density at radius 2 is 2.05 bits per heavy atom. The lowest BCUT2D eigenvalue weighted by molar-refractivity contribution is 0.295. The van der Waals surface area contributed by atoms with Crippen LogP contribution in [0.3, 0.4) is 0 Å². The summed E-state index contributed by atoms with van der Waals surface area (Å²) in [5.41, 5.74) is -0.650. The Bertz CT molecular complexity index is 537. The third-order valence-electron chi connectivity index (χ3n) is 3.22. The average molecular weight is 308 g/mol. The van der Waals surface area contributed by atoms with Crippen molar-refractivity contribution >= 4 is 21.6 Å². The molecule has 110 valence electrons. The molecule has 0 atom stereocenters. The second-order valence-electron chi connectivity index (χ2n) is 5.24. The van der Waals surface area contributed by atoms with Crippen molar-refractivity contribution in [3.63, 3.8) is 0 Å². The number of aryl methyl sites for hydroxylation is 2. The first-order valence-electron chi connectivity index (χ1n) is 6.25. The summed E-state index contributed by atoms with van der Waals surface area (Å²) < 4.78 is 28.1. The van der Waals surface area contributed by atoms with Crippen LogP contribution in [-0.4, -0.2) is 40.7 Å². The average Bonchev–Trinajstić information content (AvgIpc) is 2.71. The standard InChI is InChI=1S/C12H22ClN3O2S/c1-6-7-16-8-11(14-10(16)2)19(17,18)15(5)12(3,4)9-13/h8H,6-7,9H2,1-5H3. The van der Waals surface area contributed by atoms with Gasteiger partial charge in [0.15, 0.2) is 5.03 Å². The first-order chi connectivity index (χ1) is 8.66. The fourth-order valence-electron chi connectivity index (χ4n) is 1.62. The topological polar surface area (TPSA) is 55.2 Å². The summed E-state index contributed by atoms with van der Waals surface area (Å²) in [5, 5.41) is 0.0825. The van der Waals surface area contributed by atoms with Crippen molar-refractivity contribution in [3.8, 4) is 0 Å². The molecule has 0 N–H and O–H groups in total. The molecule has 0 spiro atoms. The third kappa shape index (κ3) is 3.30. The van der Waals surface area contributed by atoms with Crippen LogP contribution in [0.4, 0.5) is 0 Å². The van der Waals surface area contributed by atoms with Crippen LogP contribution < -0.4 is 0 Å². The van der Waals surface area contributed by atoms with Gasteiger partial charge in [-0.05, 0) is 27.2 Å². The first-order valence-corrected chi connectivity index (χ1v) is 8.23. The van der Waals surface area contributed by atoms with Gasteiger partial charge in [-0.25, -0.2) is 13.4 Å². The zero-order valence-corrected chi connectivity index (χ0v) is 13.7. The Morgan fingerprint density at radius 3 is 2.53 bits per heavy atom. The van der Waals surface area contributed by atoms with Crippen molar-refractivity contribution in [2.24, 2.45) is 0 Å². The Balaban J connectivity index is 3.17. The highest BCUT2D eigenvalue weighted by atomic mass is 35.5. The van der Waals surface area contributed by atoms with E-state index in [1.54, 1.807) is 27.0 Å². The van der Waals surface area contributed by atoms with Gasteiger partial charge in [-0.1, -0.05) is 6.92 Å². The molecule has 0 radical (unpaired) electrons. The van der Waals surface area contributed by atoms with Crippen LogP contribution in [0.15, 0.2) is 11.2 Å². The van der Waals surface area contributed by atoms with E-state index in [0.29, 0.717) is 5.82 Å². The SMILES string of the molecule is CCCn1cc(S(=O)(=O)N(C)C(C)(C)CCl)nc1C. The van der Waals surface area contributed by atoms with Crippen LogP contribution in [0.25, 0.3) is 0 Å². The fraction of sp³-hybridized carbons (Fsp3) is 0.750.